The van der Waals surface area contributed by atoms with Crippen molar-refractivity contribution in [3.63, 3.8) is 0 Å². The highest BCUT2D eigenvalue weighted by Gasteiger charge is 2.30. The first-order valence-electron chi connectivity index (χ1n) is 11.1. The highest BCUT2D eigenvalue weighted by atomic mass is 16.7. The Balaban J connectivity index is 1.34. The zero-order valence-corrected chi connectivity index (χ0v) is 18.2. The molecule has 1 N–H and O–H groups in total. The summed E-state index contributed by atoms with van der Waals surface area (Å²) in [6.07, 6.45) is 7.54. The third-order valence-corrected chi connectivity index (χ3v) is 6.13. The van der Waals surface area contributed by atoms with Gasteiger partial charge in [-0.1, -0.05) is 25.0 Å². The van der Waals surface area contributed by atoms with Crippen molar-refractivity contribution in [3.05, 3.63) is 54.5 Å². The highest BCUT2D eigenvalue weighted by Crippen LogP contribution is 2.35. The third kappa shape index (κ3) is 4.18. The quantitative estimate of drug-likeness (QED) is 0.662. The minimum atomic E-state index is -0.224. The molecule has 166 valence electrons. The van der Waals surface area contributed by atoms with E-state index in [1.54, 1.807) is 12.4 Å². The van der Waals surface area contributed by atoms with Gasteiger partial charge in [0.15, 0.2) is 11.5 Å². The van der Waals surface area contributed by atoms with Crippen molar-refractivity contribution in [1.82, 2.24) is 19.7 Å². The smallest absolute Gasteiger partial charge is 0.241 e. The van der Waals surface area contributed by atoms with E-state index in [2.05, 4.69) is 20.3 Å². The van der Waals surface area contributed by atoms with Gasteiger partial charge in [-0.3, -0.25) is 19.4 Å². The fraction of sp³-hybridized carbons (Fsp3) is 0.375. The van der Waals surface area contributed by atoms with Crippen LogP contribution < -0.4 is 14.8 Å². The number of fused-ring (bicyclic) bond motifs is 1. The minimum Gasteiger partial charge on any atom is -0.453 e. The molecule has 32 heavy (non-hydrogen) atoms. The third-order valence-electron chi connectivity index (χ3n) is 6.13. The van der Waals surface area contributed by atoms with Crippen LogP contribution in [-0.2, 0) is 18.4 Å². The second-order valence-corrected chi connectivity index (χ2v) is 8.24. The largest absolute Gasteiger partial charge is 0.453 e. The van der Waals surface area contributed by atoms with Gasteiger partial charge in [-0.2, -0.15) is 5.10 Å². The van der Waals surface area contributed by atoms with Gasteiger partial charge in [-0.15, -0.1) is 0 Å². The number of hydrogen-bond donors (Lipinski definition) is 1. The number of anilines is 1. The molecule has 0 bridgehead atoms. The molecule has 2 aliphatic rings. The molecular weight excluding hydrogens is 406 g/mol. The molecule has 3 aromatic rings. The van der Waals surface area contributed by atoms with Gasteiger partial charge in [-0.25, -0.2) is 0 Å². The molecule has 0 unspecified atom stereocenters. The molecule has 0 saturated carbocycles. The number of nitrogens with zero attached hydrogens (tertiary/aromatic N) is 4. The standard InChI is InChI=1S/C24H27N5O3/c1-28-20(9-12-26-28)17-6-5-7-18(14-17)27-24(30)21-8-3-2-4-13-29(21)15-19-23-22(10-11-25-19)31-16-32-23/h5-7,9-12,14,21H,2-4,8,13,15-16H2,1H3,(H,27,30)/t21-/m1/s1. The molecule has 2 aliphatic heterocycles. The van der Waals surface area contributed by atoms with Crippen LogP contribution in [0.15, 0.2) is 48.8 Å². The topological polar surface area (TPSA) is 81.5 Å². The second-order valence-electron chi connectivity index (χ2n) is 8.24. The number of aromatic nitrogens is 3. The molecule has 1 aromatic carbocycles. The number of amides is 1. The maximum atomic E-state index is 13.4. The summed E-state index contributed by atoms with van der Waals surface area (Å²) in [6, 6.07) is 11.4. The summed E-state index contributed by atoms with van der Waals surface area (Å²) in [7, 11) is 1.91. The van der Waals surface area contributed by atoms with Gasteiger partial charge in [0, 0.05) is 43.3 Å². The van der Waals surface area contributed by atoms with E-state index >= 15 is 0 Å². The molecule has 0 radical (unpaired) electrons. The van der Waals surface area contributed by atoms with E-state index in [1.165, 1.54) is 0 Å². The van der Waals surface area contributed by atoms with Crippen molar-refractivity contribution in [1.29, 1.82) is 0 Å². The lowest BCUT2D eigenvalue weighted by Gasteiger charge is -2.29. The van der Waals surface area contributed by atoms with E-state index in [4.69, 9.17) is 9.47 Å². The Morgan fingerprint density at radius 2 is 2.09 bits per heavy atom. The number of carbonyl (C=O) groups is 1. The normalized spacial score (nSPS) is 18.3. The van der Waals surface area contributed by atoms with E-state index in [1.807, 2.05) is 48.1 Å². The van der Waals surface area contributed by atoms with E-state index < -0.39 is 0 Å². The lowest BCUT2D eigenvalue weighted by molar-refractivity contribution is -0.121. The molecule has 2 aromatic heterocycles. The van der Waals surface area contributed by atoms with Gasteiger partial charge in [0.2, 0.25) is 12.7 Å². The molecule has 0 spiro atoms. The zero-order chi connectivity index (χ0) is 21.9. The van der Waals surface area contributed by atoms with Gasteiger partial charge >= 0.3 is 0 Å². The predicted molar refractivity (Wildman–Crippen MR) is 120 cm³/mol. The zero-order valence-electron chi connectivity index (χ0n) is 18.2. The van der Waals surface area contributed by atoms with Gasteiger partial charge in [-0.05, 0) is 37.6 Å². The molecule has 8 nitrogen and oxygen atoms in total. The summed E-state index contributed by atoms with van der Waals surface area (Å²) in [6.45, 7) is 1.62. The summed E-state index contributed by atoms with van der Waals surface area (Å²) in [5.74, 6) is 1.43. The van der Waals surface area contributed by atoms with Gasteiger partial charge in [0.25, 0.3) is 0 Å². The number of aryl methyl sites for hydroxylation is 1. The van der Waals surface area contributed by atoms with Crippen LogP contribution in [0.3, 0.4) is 0 Å². The molecule has 1 saturated heterocycles. The van der Waals surface area contributed by atoms with Crippen LogP contribution in [0.4, 0.5) is 5.69 Å². The summed E-state index contributed by atoms with van der Waals surface area (Å²) in [5.41, 5.74) is 3.62. The minimum absolute atomic E-state index is 0.0128. The number of rotatable bonds is 5. The SMILES string of the molecule is Cn1nccc1-c1cccc(NC(=O)[C@H]2CCCCCN2Cc2nccc3c2OCO3)c1. The number of ether oxygens (including phenoxy) is 2. The Bertz CT molecular complexity index is 1110. The lowest BCUT2D eigenvalue weighted by atomic mass is 10.1. The summed E-state index contributed by atoms with van der Waals surface area (Å²) in [4.78, 5) is 20.1. The van der Waals surface area contributed by atoms with Gasteiger partial charge < -0.3 is 14.8 Å². The Morgan fingerprint density at radius 3 is 2.97 bits per heavy atom. The van der Waals surface area contributed by atoms with Crippen LogP contribution in [0.2, 0.25) is 0 Å². The first kappa shape index (κ1) is 20.5. The van der Waals surface area contributed by atoms with Crippen LogP contribution in [0.1, 0.15) is 31.4 Å². The fourth-order valence-electron chi connectivity index (χ4n) is 4.49. The van der Waals surface area contributed by atoms with E-state index in [9.17, 15) is 4.79 Å². The molecule has 4 heterocycles. The average molecular weight is 434 g/mol. The number of hydrogen-bond acceptors (Lipinski definition) is 6. The van der Waals surface area contributed by atoms with Crippen molar-refractivity contribution in [2.75, 3.05) is 18.7 Å². The molecule has 1 fully saturated rings. The van der Waals surface area contributed by atoms with Gasteiger partial charge in [0.1, 0.15) is 5.69 Å². The number of pyridine rings is 1. The highest BCUT2D eigenvalue weighted by molar-refractivity contribution is 5.95. The second kappa shape index (κ2) is 9.00. The lowest BCUT2D eigenvalue weighted by Crippen LogP contribution is -2.43. The van der Waals surface area contributed by atoms with Gasteiger partial charge in [0.05, 0.1) is 11.7 Å². The van der Waals surface area contributed by atoms with Crippen LogP contribution in [0.25, 0.3) is 11.3 Å². The van der Waals surface area contributed by atoms with Crippen LogP contribution in [0, 0.1) is 0 Å². The monoisotopic (exact) mass is 433 g/mol. The maximum Gasteiger partial charge on any atom is 0.241 e. The van der Waals surface area contributed by atoms with Crippen LogP contribution >= 0.6 is 0 Å². The fourth-order valence-corrected chi connectivity index (χ4v) is 4.49. The molecule has 0 aliphatic carbocycles. The molecule has 1 atom stereocenters. The van der Waals surface area contributed by atoms with Crippen LogP contribution in [0.5, 0.6) is 11.5 Å². The number of likely N-dealkylation sites (tertiary alicyclic amines) is 1. The number of benzene rings is 1. The molecule has 8 heteroatoms. The van der Waals surface area contributed by atoms with Crippen molar-refractivity contribution in [2.24, 2.45) is 7.05 Å². The van der Waals surface area contributed by atoms with E-state index in [-0.39, 0.29) is 18.7 Å². The van der Waals surface area contributed by atoms with E-state index in [0.29, 0.717) is 12.3 Å². The predicted octanol–water partition coefficient (Wildman–Crippen LogP) is 3.59. The first-order valence-corrected chi connectivity index (χ1v) is 11.1. The Labute approximate surface area is 187 Å². The van der Waals surface area contributed by atoms with E-state index in [0.717, 1.165) is 60.6 Å². The first-order chi connectivity index (χ1) is 15.7. The number of carbonyl (C=O) groups excluding carboxylic acids is 1. The summed E-state index contributed by atoms with van der Waals surface area (Å²) in [5, 5.41) is 7.38. The Morgan fingerprint density at radius 1 is 1.16 bits per heavy atom. The van der Waals surface area contributed by atoms with Crippen molar-refractivity contribution in [3.8, 4) is 22.8 Å². The Kier molecular flexibility index (Phi) is 5.77. The summed E-state index contributed by atoms with van der Waals surface area (Å²) >= 11 is 0. The van der Waals surface area contributed by atoms with Crippen molar-refractivity contribution >= 4 is 11.6 Å². The van der Waals surface area contributed by atoms with Crippen molar-refractivity contribution < 1.29 is 14.3 Å². The number of nitrogens with one attached hydrogen (secondary N) is 1. The Hall–Kier alpha value is -3.39. The van der Waals surface area contributed by atoms with Crippen molar-refractivity contribution in [2.45, 2.75) is 38.3 Å². The van der Waals surface area contributed by atoms with Crippen LogP contribution in [-0.4, -0.2) is 45.0 Å². The summed E-state index contributed by atoms with van der Waals surface area (Å²) < 4.78 is 12.9. The maximum absolute atomic E-state index is 13.4. The average Bonchev–Trinajstić information content (AvgIpc) is 3.39. The molecular formula is C24H27N5O3. The molecule has 1 amide bonds. The molecule has 5 rings (SSSR count).